The molecule has 0 fully saturated rings. The fourth-order valence-electron chi connectivity index (χ4n) is 9.73. The molecule has 0 atom stereocenters. The molecule has 0 unspecified atom stereocenters. The minimum atomic E-state index is -2.91. The van der Waals surface area contributed by atoms with E-state index in [4.69, 9.17) is 4.99 Å². The molecule has 9 aromatic carbocycles. The van der Waals surface area contributed by atoms with Gasteiger partial charge in [0, 0.05) is 28.0 Å². The second-order valence-corrected chi connectivity index (χ2v) is 18.9. The zero-order valence-corrected chi connectivity index (χ0v) is 40.7. The summed E-state index contributed by atoms with van der Waals surface area (Å²) in [6.45, 7) is 8.33. The monoisotopic (exact) mass is 932 g/mol. The largest absolute Gasteiger partial charge is 0.678 e. The summed E-state index contributed by atoms with van der Waals surface area (Å²) < 4.78 is 34.5. The molecule has 11 rings (SSSR count). The minimum absolute atomic E-state index is 0.383. The zero-order valence-electron chi connectivity index (χ0n) is 40.7. The van der Waals surface area contributed by atoms with Gasteiger partial charge in [0.2, 0.25) is 0 Å². The fraction of sp³-hybridized carbons (Fsp3) is 0.0597. The summed E-state index contributed by atoms with van der Waals surface area (Å²) in [6, 6.07) is 78.9. The predicted octanol–water partition coefficient (Wildman–Crippen LogP) is 17.8. The Balaban J connectivity index is 1.15. The normalized spacial score (nSPS) is 12.9. The maximum atomic E-state index is 16.6. The molecule has 0 bridgehead atoms. The maximum Gasteiger partial charge on any atom is 0.678 e. The lowest BCUT2D eigenvalue weighted by Gasteiger charge is -2.19. The van der Waals surface area contributed by atoms with Crippen molar-refractivity contribution in [3.63, 3.8) is 0 Å². The lowest BCUT2D eigenvalue weighted by atomic mass is 9.89. The van der Waals surface area contributed by atoms with Gasteiger partial charge in [-0.25, -0.2) is 4.99 Å². The predicted molar refractivity (Wildman–Crippen MR) is 299 cm³/mol. The van der Waals surface area contributed by atoms with Crippen molar-refractivity contribution >= 4 is 24.3 Å². The van der Waals surface area contributed by atoms with Crippen LogP contribution in [0.25, 0.3) is 78.0 Å². The van der Waals surface area contributed by atoms with Crippen molar-refractivity contribution in [3.05, 3.63) is 287 Å². The molecule has 0 N–H and O–H groups in total. The van der Waals surface area contributed by atoms with E-state index in [0.717, 1.165) is 78.0 Å². The number of benzene rings is 9. The third-order valence-electron chi connectivity index (χ3n) is 13.8. The molecule has 346 valence electrons. The second-order valence-electron chi connectivity index (χ2n) is 18.9. The molecule has 10 aromatic rings. The first kappa shape index (κ1) is 45.8. The standard InChI is InChI=1S/C67H51BF2N2/c1-44-10-18-48(19-11-44)52-26-34-56(35-27-52)61-42-63(58-38-30-54(31-39-58)50-22-14-46(3)15-23-50)71-66(61)65(60-8-6-5-7-9-60)67-62(57-36-28-53(29-37-57)49-20-12-45(2)13-21-49)43-64(72(67)68(69)70)59-40-32-55(33-41-59)51-24-16-47(4)17-25-51/h5-43H,1-4H3/b66-65-. The van der Waals surface area contributed by atoms with Crippen LogP contribution in [-0.4, -0.2) is 17.6 Å². The maximum absolute atomic E-state index is 16.6. The van der Waals surface area contributed by atoms with Crippen molar-refractivity contribution in [2.45, 2.75) is 27.7 Å². The van der Waals surface area contributed by atoms with Crippen LogP contribution in [0.1, 0.15) is 44.6 Å². The summed E-state index contributed by atoms with van der Waals surface area (Å²) in [5, 5.41) is 0. The van der Waals surface area contributed by atoms with E-state index in [-0.39, 0.29) is 0 Å². The zero-order chi connectivity index (χ0) is 49.3. The quantitative estimate of drug-likeness (QED) is 0.115. The van der Waals surface area contributed by atoms with Crippen molar-refractivity contribution in [1.82, 2.24) is 4.48 Å². The van der Waals surface area contributed by atoms with Gasteiger partial charge in [0.1, 0.15) is 0 Å². The van der Waals surface area contributed by atoms with Gasteiger partial charge in [-0.2, -0.15) is 0 Å². The fourth-order valence-corrected chi connectivity index (χ4v) is 9.73. The van der Waals surface area contributed by atoms with Crippen molar-refractivity contribution in [1.29, 1.82) is 0 Å². The minimum Gasteiger partial charge on any atom is -0.324 e. The summed E-state index contributed by atoms with van der Waals surface area (Å²) in [4.78, 5) is 5.55. The average molecular weight is 933 g/mol. The first-order valence-electron chi connectivity index (χ1n) is 24.5. The van der Waals surface area contributed by atoms with Gasteiger partial charge in [-0.1, -0.05) is 247 Å². The molecule has 0 amide bonds. The number of allylic oxidation sites excluding steroid dienone is 2. The van der Waals surface area contributed by atoms with Gasteiger partial charge in [-0.05, 0) is 107 Å². The summed E-state index contributed by atoms with van der Waals surface area (Å²) in [7, 11) is -2.91. The van der Waals surface area contributed by atoms with E-state index >= 15 is 8.63 Å². The van der Waals surface area contributed by atoms with Crippen LogP contribution in [0.3, 0.4) is 0 Å². The SMILES string of the molecule is Cc1ccc(-c2ccc(C3=CC(c4ccc(-c5ccc(C)cc5)cc4)=N/C3=C(/c3ccccc3)c3c(-c4ccc(-c5ccc(C)cc5)cc4)cc(-c4ccc(-c5ccc(C)cc5)cc4)n3B(F)F)cc2)cc1. The number of hydrogen-bond acceptors (Lipinski definition) is 1. The summed E-state index contributed by atoms with van der Waals surface area (Å²) in [6.07, 6.45) is 2.12. The molecule has 0 radical (unpaired) electrons. The Hall–Kier alpha value is -8.67. The second kappa shape index (κ2) is 19.6. The molecule has 1 aromatic heterocycles. The summed E-state index contributed by atoms with van der Waals surface area (Å²) in [5.74, 6) is 0. The van der Waals surface area contributed by atoms with Crippen LogP contribution in [0.4, 0.5) is 8.63 Å². The number of halogens is 2. The molecule has 1 aliphatic rings. The van der Waals surface area contributed by atoms with Crippen LogP contribution >= 0.6 is 0 Å². The van der Waals surface area contributed by atoms with Gasteiger partial charge >= 0.3 is 7.40 Å². The van der Waals surface area contributed by atoms with Crippen LogP contribution in [0.2, 0.25) is 0 Å². The van der Waals surface area contributed by atoms with Crippen LogP contribution in [-0.2, 0) is 0 Å². The highest BCUT2D eigenvalue weighted by molar-refractivity contribution is 6.42. The Bertz CT molecular complexity index is 3640. The van der Waals surface area contributed by atoms with Crippen LogP contribution in [0.15, 0.2) is 247 Å². The first-order chi connectivity index (χ1) is 35.1. The van der Waals surface area contributed by atoms with Gasteiger partial charge in [0.15, 0.2) is 0 Å². The highest BCUT2D eigenvalue weighted by atomic mass is 19.2. The van der Waals surface area contributed by atoms with E-state index in [9.17, 15) is 0 Å². The molecule has 0 spiro atoms. The van der Waals surface area contributed by atoms with E-state index < -0.39 is 7.40 Å². The Labute approximate surface area is 421 Å². The van der Waals surface area contributed by atoms with Gasteiger partial charge in [0.05, 0.1) is 17.1 Å². The molecule has 0 saturated carbocycles. The molecule has 0 saturated heterocycles. The lowest BCUT2D eigenvalue weighted by Crippen LogP contribution is -2.18. The Morgan fingerprint density at radius 2 is 0.708 bits per heavy atom. The van der Waals surface area contributed by atoms with Crippen LogP contribution in [0.5, 0.6) is 0 Å². The van der Waals surface area contributed by atoms with Crippen molar-refractivity contribution in [2.24, 2.45) is 4.99 Å². The molecular formula is C67H51BF2N2. The molecule has 2 heterocycles. The Morgan fingerprint density at radius 1 is 0.375 bits per heavy atom. The molecule has 1 aliphatic heterocycles. The van der Waals surface area contributed by atoms with Gasteiger partial charge in [-0.3, -0.25) is 8.63 Å². The number of nitrogens with zero attached hydrogens (tertiary/aromatic N) is 2. The molecule has 0 aliphatic carbocycles. The number of aliphatic imine (C=N–C) groups is 1. The third kappa shape index (κ3) is 9.25. The number of rotatable bonds is 11. The Kier molecular flexibility index (Phi) is 12.5. The topological polar surface area (TPSA) is 17.3 Å². The van der Waals surface area contributed by atoms with E-state index in [1.165, 1.54) is 26.7 Å². The summed E-state index contributed by atoms with van der Waals surface area (Å²) in [5.41, 5.74) is 21.8. The van der Waals surface area contributed by atoms with Crippen molar-refractivity contribution in [3.8, 4) is 66.9 Å². The molecule has 72 heavy (non-hydrogen) atoms. The highest BCUT2D eigenvalue weighted by Gasteiger charge is 2.34. The average Bonchev–Trinajstić information content (AvgIpc) is 4.04. The van der Waals surface area contributed by atoms with Gasteiger partial charge in [-0.15, -0.1) is 0 Å². The van der Waals surface area contributed by atoms with Gasteiger partial charge in [0.25, 0.3) is 0 Å². The van der Waals surface area contributed by atoms with Crippen LogP contribution < -0.4 is 0 Å². The highest BCUT2D eigenvalue weighted by Crippen LogP contribution is 2.46. The molecular weight excluding hydrogens is 882 g/mol. The summed E-state index contributed by atoms with van der Waals surface area (Å²) >= 11 is 0. The Morgan fingerprint density at radius 3 is 1.10 bits per heavy atom. The number of aromatic nitrogens is 1. The number of aryl methyl sites for hydroxylation is 4. The first-order valence-corrected chi connectivity index (χ1v) is 24.5. The molecule has 2 nitrogen and oxygen atoms in total. The van der Waals surface area contributed by atoms with Crippen LogP contribution in [0, 0.1) is 27.7 Å². The van der Waals surface area contributed by atoms with E-state index in [0.29, 0.717) is 33.8 Å². The number of hydrogen-bond donors (Lipinski definition) is 0. The van der Waals surface area contributed by atoms with E-state index in [2.05, 4.69) is 204 Å². The third-order valence-corrected chi connectivity index (χ3v) is 13.8. The van der Waals surface area contributed by atoms with Crippen molar-refractivity contribution in [2.75, 3.05) is 0 Å². The van der Waals surface area contributed by atoms with Gasteiger partial charge < -0.3 is 4.48 Å². The molecule has 5 heteroatoms. The lowest BCUT2D eigenvalue weighted by molar-refractivity contribution is 0.630. The van der Waals surface area contributed by atoms with Crippen molar-refractivity contribution < 1.29 is 8.63 Å². The van der Waals surface area contributed by atoms with E-state index in [1.54, 1.807) is 0 Å². The smallest absolute Gasteiger partial charge is 0.324 e. The van der Waals surface area contributed by atoms with E-state index in [1.807, 2.05) is 60.7 Å².